The molecule has 0 radical (unpaired) electrons. The van der Waals surface area contributed by atoms with Gasteiger partial charge in [-0.2, -0.15) is 0 Å². The first-order valence-electron chi connectivity index (χ1n) is 12.6. The molecule has 1 atom stereocenters. The van der Waals surface area contributed by atoms with Crippen LogP contribution in [0.1, 0.15) is 44.6 Å². The molecule has 0 aliphatic heterocycles. The Hall–Kier alpha value is -2.98. The monoisotopic (exact) mass is 565 g/mol. The maximum atomic E-state index is 13.8. The van der Waals surface area contributed by atoms with Gasteiger partial charge in [0.1, 0.15) is 24.1 Å². The summed E-state index contributed by atoms with van der Waals surface area (Å²) in [6, 6.07) is 10.9. The van der Waals surface area contributed by atoms with Crippen LogP contribution in [0.5, 0.6) is 11.5 Å². The molecule has 0 saturated heterocycles. The Balaban J connectivity index is 1.93. The zero-order valence-electron chi connectivity index (χ0n) is 22.3. The van der Waals surface area contributed by atoms with Crippen LogP contribution in [0.25, 0.3) is 0 Å². The molecule has 11 heteroatoms. The van der Waals surface area contributed by atoms with Gasteiger partial charge < -0.3 is 19.7 Å². The summed E-state index contributed by atoms with van der Waals surface area (Å²) in [5.74, 6) is -0.146. The van der Waals surface area contributed by atoms with Gasteiger partial charge in [-0.1, -0.05) is 49.1 Å². The Kier molecular flexibility index (Phi) is 10.3. The summed E-state index contributed by atoms with van der Waals surface area (Å²) in [6.45, 7) is 1.15. The van der Waals surface area contributed by atoms with Crippen molar-refractivity contribution < 1.29 is 27.5 Å². The Morgan fingerprint density at radius 3 is 2.37 bits per heavy atom. The highest BCUT2D eigenvalue weighted by atomic mass is 35.5. The van der Waals surface area contributed by atoms with E-state index in [2.05, 4.69) is 5.32 Å². The number of ether oxygens (including phenoxy) is 2. The fraction of sp³-hybridized carbons (Fsp3) is 0.481. The number of hydrogen-bond acceptors (Lipinski definition) is 6. The van der Waals surface area contributed by atoms with E-state index in [4.69, 9.17) is 21.1 Å². The molecule has 2 aromatic rings. The molecule has 0 heterocycles. The van der Waals surface area contributed by atoms with Crippen molar-refractivity contribution in [3.63, 3.8) is 0 Å². The van der Waals surface area contributed by atoms with Crippen LogP contribution in [0.2, 0.25) is 5.02 Å². The number of sulfonamides is 1. The molecule has 38 heavy (non-hydrogen) atoms. The Bertz CT molecular complexity index is 1230. The van der Waals surface area contributed by atoms with Gasteiger partial charge in [-0.25, -0.2) is 8.42 Å². The summed E-state index contributed by atoms with van der Waals surface area (Å²) >= 11 is 6.38. The third kappa shape index (κ3) is 7.54. The number of anilines is 1. The van der Waals surface area contributed by atoms with Gasteiger partial charge in [0.25, 0.3) is 0 Å². The van der Waals surface area contributed by atoms with Gasteiger partial charge in [0.2, 0.25) is 21.8 Å². The van der Waals surface area contributed by atoms with Crippen molar-refractivity contribution in [2.24, 2.45) is 0 Å². The van der Waals surface area contributed by atoms with Crippen LogP contribution in [-0.2, 0) is 26.2 Å². The minimum Gasteiger partial charge on any atom is -0.497 e. The maximum Gasteiger partial charge on any atom is 0.244 e. The smallest absolute Gasteiger partial charge is 0.244 e. The van der Waals surface area contributed by atoms with E-state index in [1.165, 1.54) is 25.2 Å². The molecule has 3 rings (SSSR count). The maximum absolute atomic E-state index is 13.8. The summed E-state index contributed by atoms with van der Waals surface area (Å²) in [7, 11) is -1.02. The number of methoxy groups -OCH3 is 2. The van der Waals surface area contributed by atoms with Crippen LogP contribution in [0.3, 0.4) is 0 Å². The number of carbonyl (C=O) groups excluding carboxylic acids is 2. The molecule has 1 fully saturated rings. The van der Waals surface area contributed by atoms with E-state index in [-0.39, 0.29) is 29.9 Å². The third-order valence-corrected chi connectivity index (χ3v) is 8.25. The van der Waals surface area contributed by atoms with Crippen LogP contribution in [0.4, 0.5) is 5.69 Å². The predicted molar refractivity (Wildman–Crippen MR) is 148 cm³/mol. The second kappa shape index (κ2) is 13.2. The molecule has 1 unspecified atom stereocenters. The van der Waals surface area contributed by atoms with Gasteiger partial charge in [-0.15, -0.1) is 0 Å². The third-order valence-electron chi connectivity index (χ3n) is 6.75. The molecule has 0 spiro atoms. The number of halogens is 1. The highest BCUT2D eigenvalue weighted by Gasteiger charge is 2.32. The second-order valence-corrected chi connectivity index (χ2v) is 11.8. The molecule has 0 aromatic heterocycles. The van der Waals surface area contributed by atoms with E-state index in [0.29, 0.717) is 16.3 Å². The van der Waals surface area contributed by atoms with Crippen molar-refractivity contribution in [1.82, 2.24) is 10.2 Å². The minimum atomic E-state index is -3.91. The van der Waals surface area contributed by atoms with E-state index in [1.54, 1.807) is 43.3 Å². The van der Waals surface area contributed by atoms with Crippen molar-refractivity contribution in [3.8, 4) is 11.5 Å². The molecular formula is C27H36ClN3O6S. The molecule has 208 valence electrons. The summed E-state index contributed by atoms with van der Waals surface area (Å²) in [5.41, 5.74) is 0.828. The zero-order valence-corrected chi connectivity index (χ0v) is 23.8. The summed E-state index contributed by atoms with van der Waals surface area (Å²) in [6.07, 6.45) is 6.06. The fourth-order valence-electron chi connectivity index (χ4n) is 4.55. The van der Waals surface area contributed by atoms with Gasteiger partial charge >= 0.3 is 0 Å². The molecule has 1 N–H and O–H groups in total. The lowest BCUT2D eigenvalue weighted by molar-refractivity contribution is -0.139. The summed E-state index contributed by atoms with van der Waals surface area (Å²) in [4.78, 5) is 28.4. The lowest BCUT2D eigenvalue weighted by Crippen LogP contribution is -2.53. The predicted octanol–water partition coefficient (Wildman–Crippen LogP) is 3.99. The Labute approximate surface area is 230 Å². The molecule has 2 aromatic carbocycles. The molecule has 1 aliphatic rings. The summed E-state index contributed by atoms with van der Waals surface area (Å²) in [5, 5.41) is 3.52. The van der Waals surface area contributed by atoms with Crippen molar-refractivity contribution in [2.45, 2.75) is 57.7 Å². The first kappa shape index (κ1) is 29.6. The van der Waals surface area contributed by atoms with Crippen LogP contribution in [0, 0.1) is 0 Å². The topological polar surface area (TPSA) is 105 Å². The average molecular weight is 566 g/mol. The normalized spacial score (nSPS) is 14.9. The van der Waals surface area contributed by atoms with Crippen LogP contribution in [-0.4, -0.2) is 64.2 Å². The fourth-order valence-corrected chi connectivity index (χ4v) is 5.60. The lowest BCUT2D eigenvalue weighted by Gasteiger charge is -2.33. The first-order chi connectivity index (χ1) is 18.0. The van der Waals surface area contributed by atoms with Crippen LogP contribution < -0.4 is 19.1 Å². The van der Waals surface area contributed by atoms with Gasteiger partial charge in [-0.05, 0) is 43.5 Å². The second-order valence-electron chi connectivity index (χ2n) is 9.44. The molecular weight excluding hydrogens is 530 g/mol. The quantitative estimate of drug-likeness (QED) is 0.442. The van der Waals surface area contributed by atoms with Gasteiger partial charge in [-0.3, -0.25) is 13.9 Å². The van der Waals surface area contributed by atoms with E-state index in [1.807, 2.05) is 0 Å². The van der Waals surface area contributed by atoms with E-state index < -0.39 is 28.5 Å². The number of amides is 2. The zero-order chi connectivity index (χ0) is 27.9. The minimum absolute atomic E-state index is 0.0368. The van der Waals surface area contributed by atoms with Crippen molar-refractivity contribution in [3.05, 3.63) is 53.1 Å². The number of nitrogens with zero attached hydrogens (tertiary/aromatic N) is 2. The van der Waals surface area contributed by atoms with Crippen LogP contribution >= 0.6 is 11.6 Å². The number of nitrogens with one attached hydrogen (secondary N) is 1. The molecule has 1 saturated carbocycles. The first-order valence-corrected chi connectivity index (χ1v) is 14.8. The van der Waals surface area contributed by atoms with E-state index >= 15 is 0 Å². The summed E-state index contributed by atoms with van der Waals surface area (Å²) < 4.78 is 37.3. The van der Waals surface area contributed by atoms with E-state index in [9.17, 15) is 18.0 Å². The average Bonchev–Trinajstić information content (AvgIpc) is 2.90. The van der Waals surface area contributed by atoms with Crippen molar-refractivity contribution in [2.75, 3.05) is 31.3 Å². The number of rotatable bonds is 11. The molecule has 1 aliphatic carbocycles. The highest BCUT2D eigenvalue weighted by molar-refractivity contribution is 7.92. The number of carbonyl (C=O) groups is 2. The van der Waals surface area contributed by atoms with Crippen LogP contribution in [0.15, 0.2) is 42.5 Å². The SMILES string of the molecule is COc1ccc(N(CC(=O)N(Cc2ccccc2Cl)C(C)C(=O)NC2CCCCC2)S(C)(=O)=O)c(OC)c1. The standard InChI is InChI=1S/C27H36ClN3O6S/c1-19(27(33)29-21-11-6-5-7-12-21)30(17-20-10-8-9-13-23(20)28)26(32)18-31(38(4,34)35)24-15-14-22(36-2)16-25(24)37-3/h8-10,13-16,19,21H,5-7,11-12,17-18H2,1-4H3,(H,29,33). The van der Waals surface area contributed by atoms with Gasteiger partial charge in [0.15, 0.2) is 0 Å². The Morgan fingerprint density at radius 2 is 1.76 bits per heavy atom. The number of benzene rings is 2. The molecule has 9 nitrogen and oxygen atoms in total. The van der Waals surface area contributed by atoms with Gasteiger partial charge in [0, 0.05) is 23.7 Å². The lowest BCUT2D eigenvalue weighted by atomic mass is 9.95. The Morgan fingerprint density at radius 1 is 1.08 bits per heavy atom. The number of hydrogen-bond donors (Lipinski definition) is 1. The molecule has 2 amide bonds. The van der Waals surface area contributed by atoms with Crippen molar-refractivity contribution >= 4 is 39.1 Å². The van der Waals surface area contributed by atoms with E-state index in [0.717, 1.165) is 42.7 Å². The molecule has 0 bridgehead atoms. The highest BCUT2D eigenvalue weighted by Crippen LogP contribution is 2.34. The van der Waals surface area contributed by atoms with Crippen molar-refractivity contribution in [1.29, 1.82) is 0 Å². The largest absolute Gasteiger partial charge is 0.497 e. The van der Waals surface area contributed by atoms with Gasteiger partial charge in [0.05, 0.1) is 26.2 Å².